The van der Waals surface area contributed by atoms with Crippen molar-refractivity contribution >= 4 is 37.1 Å². The van der Waals surface area contributed by atoms with Crippen molar-refractivity contribution in [3.63, 3.8) is 0 Å². The first-order chi connectivity index (χ1) is 26.3. The zero-order valence-corrected chi connectivity index (χ0v) is 36.5. The van der Waals surface area contributed by atoms with Crippen molar-refractivity contribution in [2.24, 2.45) is 10.9 Å². The quantitative estimate of drug-likeness (QED) is 0.0859. The molecule has 2 aliphatic heterocycles. The summed E-state index contributed by atoms with van der Waals surface area (Å²) in [4.78, 5) is 43.0. The van der Waals surface area contributed by atoms with Gasteiger partial charge in [-0.15, -0.1) is 11.8 Å². The van der Waals surface area contributed by atoms with Crippen LogP contribution in [0.4, 0.5) is 26.3 Å². The molecule has 2 rings (SSSR count). The van der Waals surface area contributed by atoms with Gasteiger partial charge in [-0.25, -0.2) is 4.99 Å². The summed E-state index contributed by atoms with van der Waals surface area (Å²) in [5.41, 5.74) is 0.768. The first-order valence-electron chi connectivity index (χ1n) is 18.7. The SMILES string of the molecule is C=C(/C=C\C(=C/C)SC)NC=O.C=O.CC.CC.CC(F)(F)F.CCC(C)(C)N(C)CC1C=C(NC(=O)CCN2CCN(CCO)CC2)N=CCC1.FC(F)F. The lowest BCUT2D eigenvalue weighted by atomic mass is 9.96. The van der Waals surface area contributed by atoms with Crippen molar-refractivity contribution in [3.05, 3.63) is 47.3 Å². The molecule has 0 radical (unpaired) electrons. The molecular weight excluding hydrogens is 763 g/mol. The van der Waals surface area contributed by atoms with Crippen LogP contribution >= 0.6 is 11.8 Å². The van der Waals surface area contributed by atoms with Crippen molar-refractivity contribution in [2.45, 2.75) is 106 Å². The fourth-order valence-electron chi connectivity index (χ4n) is 4.32. The number of aliphatic hydroxyl groups excluding tert-OH is 1. The highest BCUT2D eigenvalue weighted by molar-refractivity contribution is 8.02. The van der Waals surface area contributed by atoms with Gasteiger partial charge in [0.1, 0.15) is 12.6 Å². The number of thioether (sulfide) groups is 1. The molecule has 0 aromatic carbocycles. The van der Waals surface area contributed by atoms with Crippen LogP contribution in [0.2, 0.25) is 0 Å². The minimum atomic E-state index is -4.00. The fourth-order valence-corrected chi connectivity index (χ4v) is 4.76. The van der Waals surface area contributed by atoms with E-state index >= 15 is 0 Å². The summed E-state index contributed by atoms with van der Waals surface area (Å²) in [5, 5.41) is 14.5. The van der Waals surface area contributed by atoms with Gasteiger partial charge in [0.15, 0.2) is 0 Å². The molecule has 10 nitrogen and oxygen atoms in total. The van der Waals surface area contributed by atoms with E-state index < -0.39 is 12.9 Å². The number of amides is 2. The standard InChI is InChI=1S/C22H41N5O2.C9H13NOS.C2H3F3.2C2H6.CHF3.CH2O/c1-5-22(2,3)25(4)18-19-7-6-9-23-20(17-19)24-21(29)8-10-26-11-13-27(14-12-26)15-16-28;1-4-9(12-3)6-5-8(2)10-7-11;1-2(3,4)5;2*1-2;2-1(3)4;1-2/h9,17,19,28H,5-8,10-16,18H2,1-4H3,(H,24,29);4-7H,2H2,1,3H3,(H,10,11);1H3;2*1-2H3;1H;1H2/b;6-5-,9-4+;;;;;. The van der Waals surface area contributed by atoms with E-state index in [0.29, 0.717) is 30.3 Å². The van der Waals surface area contributed by atoms with E-state index in [9.17, 15) is 35.9 Å². The molecular formula is C39H72F6N6O4S. The highest BCUT2D eigenvalue weighted by Crippen LogP contribution is 2.22. The molecule has 0 aromatic heterocycles. The average Bonchev–Trinajstić information content (AvgIpc) is 3.38. The maximum atomic E-state index is 12.5. The Hall–Kier alpha value is -2.99. The lowest BCUT2D eigenvalue weighted by molar-refractivity contribution is -0.121. The Morgan fingerprint density at radius 1 is 1.05 bits per heavy atom. The van der Waals surface area contributed by atoms with Crippen LogP contribution in [-0.4, -0.2) is 129 Å². The molecule has 0 aromatic rings. The average molecular weight is 835 g/mol. The Kier molecular flexibility index (Phi) is 44.7. The second-order valence-electron chi connectivity index (χ2n) is 12.0. The molecule has 2 aliphatic rings. The molecule has 0 saturated carbocycles. The lowest BCUT2D eigenvalue weighted by Gasteiger charge is -2.36. The van der Waals surface area contributed by atoms with Crippen LogP contribution in [0.25, 0.3) is 0 Å². The first kappa shape index (κ1) is 62.2. The third-order valence-corrected chi connectivity index (χ3v) is 8.56. The summed E-state index contributed by atoms with van der Waals surface area (Å²) in [6.07, 6.45) is 11.9. The molecule has 330 valence electrons. The Morgan fingerprint density at radius 3 is 1.95 bits per heavy atom. The smallest absolute Gasteiger partial charge is 0.386 e. The molecule has 3 N–H and O–H groups in total. The van der Waals surface area contributed by atoms with Crippen LogP contribution in [0.1, 0.15) is 88.0 Å². The minimum absolute atomic E-state index is 0.0362. The van der Waals surface area contributed by atoms with Gasteiger partial charge in [0.25, 0.3) is 0 Å². The Morgan fingerprint density at radius 2 is 1.54 bits per heavy atom. The van der Waals surface area contributed by atoms with Crippen LogP contribution < -0.4 is 10.6 Å². The molecule has 0 aliphatic carbocycles. The van der Waals surface area contributed by atoms with E-state index in [1.165, 1.54) is 0 Å². The highest BCUT2D eigenvalue weighted by atomic mass is 32.2. The third kappa shape index (κ3) is 42.2. The van der Waals surface area contributed by atoms with E-state index in [2.05, 4.69) is 70.8 Å². The number of alkyl halides is 6. The number of aliphatic imine (C=N–C) groups is 1. The number of hydrogen-bond acceptors (Lipinski definition) is 9. The largest absolute Gasteiger partial charge is 0.395 e. The van der Waals surface area contributed by atoms with Gasteiger partial charge < -0.3 is 30.3 Å². The Balaban J connectivity index is -0.000000264. The Labute approximate surface area is 338 Å². The summed E-state index contributed by atoms with van der Waals surface area (Å²) in [5.74, 6) is 1.13. The van der Waals surface area contributed by atoms with E-state index in [0.717, 1.165) is 70.0 Å². The topological polar surface area (TPSA) is 118 Å². The number of rotatable bonds is 15. The van der Waals surface area contributed by atoms with Gasteiger partial charge in [-0.3, -0.25) is 14.5 Å². The molecule has 56 heavy (non-hydrogen) atoms. The maximum Gasteiger partial charge on any atom is 0.386 e. The van der Waals surface area contributed by atoms with Crippen molar-refractivity contribution in [3.8, 4) is 0 Å². The number of halogens is 6. The minimum Gasteiger partial charge on any atom is -0.395 e. The van der Waals surface area contributed by atoms with Gasteiger partial charge in [0.05, 0.1) is 6.61 Å². The molecule has 2 amide bonds. The van der Waals surface area contributed by atoms with Crippen molar-refractivity contribution in [1.82, 2.24) is 25.3 Å². The molecule has 0 spiro atoms. The highest BCUT2D eigenvalue weighted by Gasteiger charge is 2.24. The van der Waals surface area contributed by atoms with Gasteiger partial charge in [0.2, 0.25) is 12.3 Å². The Bertz CT molecular complexity index is 1090. The normalized spacial score (nSPS) is 15.8. The van der Waals surface area contributed by atoms with E-state index in [1.807, 2.05) is 66.0 Å². The number of piperazine rings is 1. The molecule has 1 unspecified atom stereocenters. The van der Waals surface area contributed by atoms with Crippen LogP contribution in [0.3, 0.4) is 0 Å². The van der Waals surface area contributed by atoms with E-state index in [1.54, 1.807) is 17.8 Å². The van der Waals surface area contributed by atoms with Gasteiger partial charge in [-0.1, -0.05) is 47.3 Å². The zero-order chi connectivity index (χ0) is 44.8. The second kappa shape index (κ2) is 40.2. The third-order valence-electron chi connectivity index (χ3n) is 7.71. The number of hydrogen-bond donors (Lipinski definition) is 3. The number of nitrogens with zero attached hydrogens (tertiary/aromatic N) is 4. The van der Waals surface area contributed by atoms with Crippen LogP contribution in [0.15, 0.2) is 52.3 Å². The van der Waals surface area contributed by atoms with E-state index in [4.69, 9.17) is 9.90 Å². The lowest BCUT2D eigenvalue weighted by Crippen LogP contribution is -2.47. The summed E-state index contributed by atoms with van der Waals surface area (Å²) < 4.78 is 60.1. The summed E-state index contributed by atoms with van der Waals surface area (Å²) >= 11 is 1.65. The number of allylic oxidation sites excluding steroid dienone is 3. The summed E-state index contributed by atoms with van der Waals surface area (Å²) in [6.45, 7) is 25.4. The second-order valence-corrected chi connectivity index (χ2v) is 12.9. The van der Waals surface area contributed by atoms with Crippen molar-refractivity contribution in [2.75, 3.05) is 65.7 Å². The summed E-state index contributed by atoms with van der Waals surface area (Å²) in [7, 11) is 2.18. The maximum absolute atomic E-state index is 12.5. The number of carbonyl (C=O) groups excluding carboxylic acids is 3. The number of carbonyl (C=O) groups is 3. The number of aliphatic hydroxyl groups is 1. The van der Waals surface area contributed by atoms with Crippen LogP contribution in [-0.2, 0) is 14.4 Å². The van der Waals surface area contributed by atoms with Crippen molar-refractivity contribution < 1.29 is 45.8 Å². The molecule has 1 saturated heterocycles. The van der Waals surface area contributed by atoms with E-state index in [-0.39, 0.29) is 25.0 Å². The predicted octanol–water partition coefficient (Wildman–Crippen LogP) is 8.23. The fraction of sp³-hybridized carbons (Fsp3) is 0.692. The molecule has 17 heteroatoms. The predicted molar refractivity (Wildman–Crippen MR) is 222 cm³/mol. The van der Waals surface area contributed by atoms with Crippen LogP contribution in [0, 0.1) is 5.92 Å². The molecule has 0 bridgehead atoms. The first-order valence-corrected chi connectivity index (χ1v) is 19.9. The number of β-amino-alcohol motifs (C(OH)–C–C–N with tert-alkyl or cyclic N) is 1. The van der Waals surface area contributed by atoms with Crippen molar-refractivity contribution in [1.29, 1.82) is 0 Å². The zero-order valence-electron chi connectivity index (χ0n) is 35.7. The van der Waals surface area contributed by atoms with Gasteiger partial charge in [0, 0.05) is 81.5 Å². The summed E-state index contributed by atoms with van der Waals surface area (Å²) in [6, 6.07) is 0. The molecule has 2 heterocycles. The molecule has 1 atom stereocenters. The van der Waals surface area contributed by atoms with Gasteiger partial charge in [-0.2, -0.15) is 26.3 Å². The van der Waals surface area contributed by atoms with Gasteiger partial charge in [-0.05, 0) is 77.5 Å². The van der Waals surface area contributed by atoms with Crippen LogP contribution in [0.5, 0.6) is 0 Å². The number of nitrogens with one attached hydrogen (secondary N) is 2. The van der Waals surface area contributed by atoms with Gasteiger partial charge >= 0.3 is 12.9 Å². The molecule has 1 fully saturated rings. The monoisotopic (exact) mass is 835 g/mol.